The van der Waals surface area contributed by atoms with Gasteiger partial charge in [0.2, 0.25) is 0 Å². The zero-order valence-electron chi connectivity index (χ0n) is 21.8. The number of hydrogen-bond acceptors (Lipinski definition) is 8. The topological polar surface area (TPSA) is 105 Å². The van der Waals surface area contributed by atoms with Crippen LogP contribution in [0, 0.1) is 0 Å². The lowest BCUT2D eigenvalue weighted by Crippen LogP contribution is -1.99. The predicted molar refractivity (Wildman–Crippen MR) is 126 cm³/mol. The number of unbranched alkanes of at least 4 members (excludes halogenated alkanes) is 4. The summed E-state index contributed by atoms with van der Waals surface area (Å²) in [4.78, 5) is 40.4. The quantitative estimate of drug-likeness (QED) is 0.215. The van der Waals surface area contributed by atoms with Gasteiger partial charge in [-0.2, -0.15) is 0 Å². The molecule has 192 valence electrons. The van der Waals surface area contributed by atoms with E-state index in [-0.39, 0.29) is 23.9 Å². The van der Waals surface area contributed by atoms with E-state index in [1.165, 1.54) is 27.7 Å². The Bertz CT molecular complexity index is 356. The lowest BCUT2D eigenvalue weighted by atomic mass is 10.4. The molecule has 0 aromatic carbocycles. The molecule has 32 heavy (non-hydrogen) atoms. The first-order valence-electron chi connectivity index (χ1n) is 11.6. The van der Waals surface area contributed by atoms with Crippen molar-refractivity contribution in [2.45, 2.75) is 107 Å². The van der Waals surface area contributed by atoms with Crippen LogP contribution >= 0.6 is 0 Å². The molecule has 8 nitrogen and oxygen atoms in total. The van der Waals surface area contributed by atoms with Gasteiger partial charge in [0.15, 0.2) is 0 Å². The van der Waals surface area contributed by atoms with Gasteiger partial charge in [-0.3, -0.25) is 19.2 Å². The van der Waals surface area contributed by atoms with Crippen molar-refractivity contribution in [1.82, 2.24) is 0 Å². The Morgan fingerprint density at radius 1 is 0.406 bits per heavy atom. The highest BCUT2D eigenvalue weighted by Crippen LogP contribution is 1.88. The Morgan fingerprint density at radius 3 is 0.656 bits per heavy atom. The van der Waals surface area contributed by atoms with Crippen LogP contribution in [-0.4, -0.2) is 50.3 Å². The molecule has 0 aromatic rings. The SMILES string of the molecule is CCCCOC(C)=O.CCCCOC(C)=O.CCCCOC(C)=O.CCCCOC(C)=O. The van der Waals surface area contributed by atoms with Crippen molar-refractivity contribution in [1.29, 1.82) is 0 Å². The number of carbonyl (C=O) groups is 4. The van der Waals surface area contributed by atoms with Gasteiger partial charge in [0.1, 0.15) is 0 Å². The van der Waals surface area contributed by atoms with Crippen molar-refractivity contribution in [2.75, 3.05) is 26.4 Å². The molecule has 0 saturated heterocycles. The Labute approximate surface area is 195 Å². The molecule has 0 aliphatic carbocycles. The number of hydrogen-bond donors (Lipinski definition) is 0. The minimum Gasteiger partial charge on any atom is -0.466 e. The van der Waals surface area contributed by atoms with Gasteiger partial charge >= 0.3 is 23.9 Å². The van der Waals surface area contributed by atoms with Gasteiger partial charge in [-0.1, -0.05) is 53.4 Å². The number of ether oxygens (including phenoxy) is 4. The molecule has 0 N–H and O–H groups in total. The average molecular weight is 465 g/mol. The molecule has 0 heterocycles. The van der Waals surface area contributed by atoms with E-state index in [0.29, 0.717) is 26.4 Å². The summed E-state index contributed by atoms with van der Waals surface area (Å²) in [6, 6.07) is 0. The third-order valence-corrected chi connectivity index (χ3v) is 3.21. The number of esters is 4. The molecule has 0 fully saturated rings. The van der Waals surface area contributed by atoms with Crippen LogP contribution in [0.25, 0.3) is 0 Å². The molecule has 0 spiro atoms. The molecule has 0 saturated carbocycles. The second-order valence-electron chi connectivity index (χ2n) is 6.77. The average Bonchev–Trinajstić information content (AvgIpc) is 2.69. The van der Waals surface area contributed by atoms with E-state index in [1.54, 1.807) is 0 Å². The fraction of sp³-hybridized carbons (Fsp3) is 0.833. The lowest BCUT2D eigenvalue weighted by Gasteiger charge is -1.96. The first-order chi connectivity index (χ1) is 15.1. The van der Waals surface area contributed by atoms with Crippen LogP contribution in [0.1, 0.15) is 107 Å². The first-order valence-corrected chi connectivity index (χ1v) is 11.6. The molecular weight excluding hydrogens is 416 g/mol. The van der Waals surface area contributed by atoms with Crippen molar-refractivity contribution in [3.8, 4) is 0 Å². The van der Waals surface area contributed by atoms with Crippen LogP contribution < -0.4 is 0 Å². The highest BCUT2D eigenvalue weighted by atomic mass is 16.5. The van der Waals surface area contributed by atoms with Gasteiger partial charge in [-0.25, -0.2) is 0 Å². The molecule has 0 atom stereocenters. The Kier molecular flexibility index (Phi) is 39.0. The molecule has 0 bridgehead atoms. The second kappa shape index (κ2) is 33.5. The molecular formula is C24H48O8. The van der Waals surface area contributed by atoms with Gasteiger partial charge in [0.25, 0.3) is 0 Å². The second-order valence-corrected chi connectivity index (χ2v) is 6.77. The summed E-state index contributed by atoms with van der Waals surface area (Å²) in [5.74, 6) is -0.728. The molecule has 0 radical (unpaired) electrons. The summed E-state index contributed by atoms with van der Waals surface area (Å²) in [7, 11) is 0. The maximum Gasteiger partial charge on any atom is 0.302 e. The zero-order chi connectivity index (χ0) is 25.6. The van der Waals surface area contributed by atoms with Crippen molar-refractivity contribution in [3.63, 3.8) is 0 Å². The van der Waals surface area contributed by atoms with E-state index in [4.69, 9.17) is 0 Å². The van der Waals surface area contributed by atoms with Gasteiger partial charge in [-0.15, -0.1) is 0 Å². The van der Waals surface area contributed by atoms with Crippen LogP contribution in [0.15, 0.2) is 0 Å². The van der Waals surface area contributed by atoms with Gasteiger partial charge in [0, 0.05) is 27.7 Å². The van der Waals surface area contributed by atoms with E-state index in [0.717, 1.165) is 51.4 Å². The van der Waals surface area contributed by atoms with E-state index in [2.05, 4.69) is 46.6 Å². The Hall–Kier alpha value is -2.12. The molecule has 0 rings (SSSR count). The fourth-order valence-corrected chi connectivity index (χ4v) is 1.44. The Balaban J connectivity index is -0.000000163. The van der Waals surface area contributed by atoms with Crippen molar-refractivity contribution >= 4 is 23.9 Å². The van der Waals surface area contributed by atoms with Crippen molar-refractivity contribution in [2.24, 2.45) is 0 Å². The van der Waals surface area contributed by atoms with Crippen LogP contribution in [-0.2, 0) is 38.1 Å². The van der Waals surface area contributed by atoms with Gasteiger partial charge in [-0.05, 0) is 25.7 Å². The normalized spacial score (nSPS) is 8.75. The maximum atomic E-state index is 10.1. The molecule has 8 heteroatoms. The third kappa shape index (κ3) is 63.0. The van der Waals surface area contributed by atoms with Gasteiger partial charge < -0.3 is 18.9 Å². The van der Waals surface area contributed by atoms with E-state index < -0.39 is 0 Å². The minimum absolute atomic E-state index is 0.182. The number of carbonyl (C=O) groups excluding carboxylic acids is 4. The first kappa shape index (κ1) is 37.2. The van der Waals surface area contributed by atoms with E-state index in [1.807, 2.05) is 0 Å². The largest absolute Gasteiger partial charge is 0.466 e. The highest BCUT2D eigenvalue weighted by Gasteiger charge is 1.90. The summed E-state index contributed by atoms with van der Waals surface area (Å²) in [5, 5.41) is 0. The predicted octanol–water partition coefficient (Wildman–Crippen LogP) is 5.40. The molecule has 0 unspecified atom stereocenters. The van der Waals surface area contributed by atoms with Crippen molar-refractivity contribution in [3.05, 3.63) is 0 Å². The monoisotopic (exact) mass is 464 g/mol. The molecule has 0 amide bonds. The van der Waals surface area contributed by atoms with Crippen LogP contribution in [0.5, 0.6) is 0 Å². The zero-order valence-corrected chi connectivity index (χ0v) is 21.8. The molecule has 0 aliphatic heterocycles. The molecule has 0 aliphatic rings. The van der Waals surface area contributed by atoms with Crippen molar-refractivity contribution < 1.29 is 38.1 Å². The number of rotatable bonds is 12. The van der Waals surface area contributed by atoms with E-state index in [9.17, 15) is 19.2 Å². The van der Waals surface area contributed by atoms with Crippen LogP contribution in [0.4, 0.5) is 0 Å². The minimum atomic E-state index is -0.182. The third-order valence-electron chi connectivity index (χ3n) is 3.21. The smallest absolute Gasteiger partial charge is 0.302 e. The van der Waals surface area contributed by atoms with Crippen LogP contribution in [0.2, 0.25) is 0 Å². The maximum absolute atomic E-state index is 10.1. The lowest BCUT2D eigenvalue weighted by molar-refractivity contribution is -0.142. The fourth-order valence-electron chi connectivity index (χ4n) is 1.44. The highest BCUT2D eigenvalue weighted by molar-refractivity contribution is 5.66. The van der Waals surface area contributed by atoms with Gasteiger partial charge in [0.05, 0.1) is 26.4 Å². The molecule has 0 aromatic heterocycles. The standard InChI is InChI=1S/4C6H12O2/c4*1-3-4-5-8-6(2)7/h4*3-5H2,1-2H3. The summed E-state index contributed by atoms with van der Waals surface area (Å²) < 4.78 is 18.6. The summed E-state index contributed by atoms with van der Waals surface area (Å²) in [6.45, 7) is 16.2. The Morgan fingerprint density at radius 2 is 0.562 bits per heavy atom. The summed E-state index contributed by atoms with van der Waals surface area (Å²) >= 11 is 0. The van der Waals surface area contributed by atoms with E-state index >= 15 is 0 Å². The summed E-state index contributed by atoms with van der Waals surface area (Å²) in [5.41, 5.74) is 0. The summed E-state index contributed by atoms with van der Waals surface area (Å²) in [6.07, 6.45) is 8.19. The van der Waals surface area contributed by atoms with Crippen LogP contribution in [0.3, 0.4) is 0 Å².